The van der Waals surface area contributed by atoms with Crippen LogP contribution in [0, 0.1) is 0 Å². The van der Waals surface area contributed by atoms with Crippen LogP contribution >= 0.6 is 12.4 Å². The number of hydrogen-bond acceptors (Lipinski definition) is 3. The number of alkyl halides is 3. The van der Waals surface area contributed by atoms with Crippen LogP contribution in [-0.2, 0) is 4.79 Å². The first-order valence-electron chi connectivity index (χ1n) is 5.39. The molecule has 0 spiro atoms. The molecule has 0 bridgehead atoms. The van der Waals surface area contributed by atoms with E-state index in [-0.39, 0.29) is 35.1 Å². The summed E-state index contributed by atoms with van der Waals surface area (Å²) in [5, 5.41) is 8.43. The first-order valence-corrected chi connectivity index (χ1v) is 5.39. The summed E-state index contributed by atoms with van der Waals surface area (Å²) in [6.45, 7) is -0.441. The molecule has 8 heteroatoms. The lowest BCUT2D eigenvalue weighted by atomic mass is 10.2. The highest BCUT2D eigenvalue weighted by molar-refractivity contribution is 5.85. The number of carbonyl (C=O) groups is 1. The third-order valence-electron chi connectivity index (χ3n) is 2.31. The summed E-state index contributed by atoms with van der Waals surface area (Å²) < 4.78 is 38.6. The van der Waals surface area contributed by atoms with Crippen LogP contribution in [0.2, 0.25) is 0 Å². The van der Waals surface area contributed by atoms with E-state index in [9.17, 15) is 18.0 Å². The molecule has 1 aromatic carbocycles. The lowest BCUT2D eigenvalue weighted by molar-refractivity contribution is -0.131. The van der Waals surface area contributed by atoms with E-state index in [0.29, 0.717) is 6.08 Å². The number of hydrogen-bond donors (Lipinski definition) is 2. The summed E-state index contributed by atoms with van der Waals surface area (Å²) in [5.74, 6) is -1.28. The molecule has 3 N–H and O–H groups in total. The van der Waals surface area contributed by atoms with Gasteiger partial charge in [0.05, 0.1) is 0 Å². The SMILES string of the molecule is Cl.NC(=CC(=O)O)CCN(c1ccccc1)C(F)(F)F. The molecule has 0 heterocycles. The van der Waals surface area contributed by atoms with Gasteiger partial charge in [0.25, 0.3) is 0 Å². The van der Waals surface area contributed by atoms with Crippen molar-refractivity contribution in [2.75, 3.05) is 11.4 Å². The van der Waals surface area contributed by atoms with E-state index in [1.807, 2.05) is 0 Å². The zero-order valence-corrected chi connectivity index (χ0v) is 11.1. The van der Waals surface area contributed by atoms with Crippen molar-refractivity contribution in [1.82, 2.24) is 0 Å². The molecule has 0 saturated heterocycles. The smallest absolute Gasteiger partial charge is 0.478 e. The Bertz CT molecular complexity index is 464. The monoisotopic (exact) mass is 310 g/mol. The van der Waals surface area contributed by atoms with Gasteiger partial charge in [0, 0.05) is 30.4 Å². The fourth-order valence-electron chi connectivity index (χ4n) is 1.48. The van der Waals surface area contributed by atoms with Crippen LogP contribution in [-0.4, -0.2) is 23.9 Å². The first kappa shape index (κ1) is 18.1. The number of para-hydroxylation sites is 1. The number of carboxylic acid groups (broad SMARTS) is 1. The van der Waals surface area contributed by atoms with Gasteiger partial charge in [0.2, 0.25) is 0 Å². The minimum Gasteiger partial charge on any atom is -0.478 e. The Morgan fingerprint density at radius 1 is 1.30 bits per heavy atom. The fourth-order valence-corrected chi connectivity index (χ4v) is 1.48. The highest BCUT2D eigenvalue weighted by Crippen LogP contribution is 2.28. The van der Waals surface area contributed by atoms with Crippen molar-refractivity contribution < 1.29 is 23.1 Å². The molecule has 0 aromatic heterocycles. The summed E-state index contributed by atoms with van der Waals surface area (Å²) in [6, 6.07) is 7.24. The highest BCUT2D eigenvalue weighted by Gasteiger charge is 2.37. The molecule has 0 aliphatic heterocycles. The van der Waals surface area contributed by atoms with E-state index >= 15 is 0 Å². The highest BCUT2D eigenvalue weighted by atomic mass is 35.5. The zero-order chi connectivity index (χ0) is 14.5. The number of halogens is 4. The van der Waals surface area contributed by atoms with E-state index < -0.39 is 18.8 Å². The fraction of sp³-hybridized carbons (Fsp3) is 0.250. The molecule has 0 unspecified atom stereocenters. The van der Waals surface area contributed by atoms with E-state index in [1.165, 1.54) is 24.3 Å². The molecule has 0 amide bonds. The van der Waals surface area contributed by atoms with Crippen molar-refractivity contribution in [3.05, 3.63) is 42.1 Å². The van der Waals surface area contributed by atoms with Crippen LogP contribution in [0.15, 0.2) is 42.1 Å². The van der Waals surface area contributed by atoms with E-state index in [1.54, 1.807) is 6.07 Å². The van der Waals surface area contributed by atoms with Gasteiger partial charge in [-0.15, -0.1) is 12.4 Å². The Labute approximate surface area is 120 Å². The lowest BCUT2D eigenvalue weighted by Crippen LogP contribution is -2.39. The second-order valence-corrected chi connectivity index (χ2v) is 3.76. The minimum atomic E-state index is -4.55. The maximum Gasteiger partial charge on any atom is 0.484 e. The maximum atomic E-state index is 12.9. The Balaban J connectivity index is 0.00000361. The Hall–Kier alpha value is -1.89. The number of rotatable bonds is 5. The number of anilines is 1. The second-order valence-electron chi connectivity index (χ2n) is 3.76. The first-order chi connectivity index (χ1) is 8.80. The quantitative estimate of drug-likeness (QED) is 0.648. The van der Waals surface area contributed by atoms with Crippen molar-refractivity contribution in [2.24, 2.45) is 5.73 Å². The summed E-state index contributed by atoms with van der Waals surface area (Å²) in [7, 11) is 0. The third-order valence-corrected chi connectivity index (χ3v) is 2.31. The van der Waals surface area contributed by atoms with Gasteiger partial charge in [0.15, 0.2) is 0 Å². The van der Waals surface area contributed by atoms with Gasteiger partial charge >= 0.3 is 12.3 Å². The van der Waals surface area contributed by atoms with E-state index in [2.05, 4.69) is 0 Å². The summed E-state index contributed by atoms with van der Waals surface area (Å²) in [6.07, 6.45) is -4.05. The normalized spacial score (nSPS) is 11.7. The van der Waals surface area contributed by atoms with Crippen LogP contribution in [0.5, 0.6) is 0 Å². The number of benzene rings is 1. The van der Waals surface area contributed by atoms with Crippen molar-refractivity contribution in [1.29, 1.82) is 0 Å². The van der Waals surface area contributed by atoms with E-state index in [4.69, 9.17) is 10.8 Å². The van der Waals surface area contributed by atoms with Gasteiger partial charge in [-0.05, 0) is 12.1 Å². The second kappa shape index (κ2) is 7.64. The zero-order valence-electron chi connectivity index (χ0n) is 10.3. The third kappa shape index (κ3) is 5.83. The van der Waals surface area contributed by atoms with Crippen molar-refractivity contribution in [2.45, 2.75) is 12.7 Å². The summed E-state index contributed by atoms with van der Waals surface area (Å²) in [4.78, 5) is 10.5. The van der Waals surface area contributed by atoms with Gasteiger partial charge in [-0.2, -0.15) is 13.2 Å². The molecule has 0 radical (unpaired) electrons. The van der Waals surface area contributed by atoms with Gasteiger partial charge in [-0.1, -0.05) is 18.2 Å². The van der Waals surface area contributed by atoms with Gasteiger partial charge < -0.3 is 10.8 Å². The molecule has 1 aromatic rings. The number of nitrogens with zero attached hydrogens (tertiary/aromatic N) is 1. The van der Waals surface area contributed by atoms with Crippen LogP contribution in [0.3, 0.4) is 0 Å². The molecule has 0 fully saturated rings. The summed E-state index contributed by atoms with van der Waals surface area (Å²) in [5.41, 5.74) is 5.20. The number of nitrogens with two attached hydrogens (primary N) is 1. The van der Waals surface area contributed by atoms with Crippen molar-refractivity contribution >= 4 is 24.1 Å². The van der Waals surface area contributed by atoms with Crippen LogP contribution in [0.1, 0.15) is 6.42 Å². The molecular weight excluding hydrogens is 297 g/mol. The molecular formula is C12H14ClF3N2O2. The van der Waals surface area contributed by atoms with Crippen molar-refractivity contribution in [3.8, 4) is 0 Å². The summed E-state index contributed by atoms with van der Waals surface area (Å²) >= 11 is 0. The van der Waals surface area contributed by atoms with Crippen LogP contribution < -0.4 is 10.6 Å². The Morgan fingerprint density at radius 2 is 1.85 bits per heavy atom. The standard InChI is InChI=1S/C12H13F3N2O2.ClH/c13-12(14,15)17(10-4-2-1-3-5-10)7-6-9(16)8-11(18)19;/h1-5,8H,6-7,16H2,(H,18,19);1H. The molecule has 0 aliphatic rings. The molecule has 0 atom stereocenters. The Kier molecular flexibility index (Phi) is 6.92. The minimum absolute atomic E-state index is 0. The predicted molar refractivity (Wildman–Crippen MR) is 71.6 cm³/mol. The number of carboxylic acids is 1. The molecule has 112 valence electrons. The lowest BCUT2D eigenvalue weighted by Gasteiger charge is -2.27. The Morgan fingerprint density at radius 3 is 2.30 bits per heavy atom. The van der Waals surface area contributed by atoms with Crippen LogP contribution in [0.4, 0.5) is 18.9 Å². The van der Waals surface area contributed by atoms with E-state index in [0.717, 1.165) is 0 Å². The molecule has 0 saturated carbocycles. The largest absolute Gasteiger partial charge is 0.484 e. The molecule has 4 nitrogen and oxygen atoms in total. The average molecular weight is 311 g/mol. The molecule has 20 heavy (non-hydrogen) atoms. The van der Waals surface area contributed by atoms with Crippen LogP contribution in [0.25, 0.3) is 0 Å². The number of aliphatic carboxylic acids is 1. The maximum absolute atomic E-state index is 12.9. The van der Waals surface area contributed by atoms with Gasteiger partial charge in [-0.3, -0.25) is 4.90 Å². The van der Waals surface area contributed by atoms with Crippen molar-refractivity contribution in [3.63, 3.8) is 0 Å². The topological polar surface area (TPSA) is 66.6 Å². The molecule has 0 aliphatic carbocycles. The predicted octanol–water partition coefficient (Wildman–Crippen LogP) is 2.75. The van der Waals surface area contributed by atoms with Gasteiger partial charge in [0.1, 0.15) is 0 Å². The average Bonchev–Trinajstić information content (AvgIpc) is 2.27. The van der Waals surface area contributed by atoms with Gasteiger partial charge in [-0.25, -0.2) is 4.79 Å². The molecule has 1 rings (SSSR count).